The Morgan fingerprint density at radius 1 is 1.00 bits per heavy atom. The van der Waals surface area contributed by atoms with Crippen molar-refractivity contribution in [2.24, 2.45) is 0 Å². The number of halogens is 3. The summed E-state index contributed by atoms with van der Waals surface area (Å²) in [5.41, 5.74) is -0.126. The zero-order valence-corrected chi connectivity index (χ0v) is 13.8. The second-order valence-corrected chi connectivity index (χ2v) is 5.45. The lowest BCUT2D eigenvalue weighted by molar-refractivity contribution is -0.137. The molecule has 1 heterocycles. The third kappa shape index (κ3) is 4.84. The SMILES string of the molecule is CCCN(CCC)c1cc(Nc2ccc(C(F)(F)F)cc2)ncn1. The molecule has 24 heavy (non-hydrogen) atoms. The monoisotopic (exact) mass is 338 g/mol. The van der Waals surface area contributed by atoms with E-state index in [2.05, 4.69) is 34.0 Å². The standard InChI is InChI=1S/C17H21F3N4/c1-3-9-24(10-4-2)16-11-15(21-12-22-16)23-14-7-5-13(6-8-14)17(18,19)20/h5-8,11-12H,3-4,9-10H2,1-2H3,(H,21,22,23). The summed E-state index contributed by atoms with van der Waals surface area (Å²) in [5, 5.41) is 3.02. The van der Waals surface area contributed by atoms with E-state index in [9.17, 15) is 13.2 Å². The number of hydrogen-bond donors (Lipinski definition) is 1. The average Bonchev–Trinajstić information content (AvgIpc) is 2.54. The number of aromatic nitrogens is 2. The molecule has 1 N–H and O–H groups in total. The number of benzene rings is 1. The molecule has 2 rings (SSSR count). The highest BCUT2D eigenvalue weighted by molar-refractivity contribution is 5.59. The fourth-order valence-corrected chi connectivity index (χ4v) is 2.36. The van der Waals surface area contributed by atoms with Gasteiger partial charge in [0.05, 0.1) is 5.56 Å². The Morgan fingerprint density at radius 2 is 1.62 bits per heavy atom. The Kier molecular flexibility index (Phi) is 6.00. The lowest BCUT2D eigenvalue weighted by atomic mass is 10.2. The minimum absolute atomic E-state index is 0.546. The van der Waals surface area contributed by atoms with Crippen LogP contribution in [-0.4, -0.2) is 23.1 Å². The zero-order chi connectivity index (χ0) is 17.6. The molecule has 0 aliphatic rings. The fourth-order valence-electron chi connectivity index (χ4n) is 2.36. The van der Waals surface area contributed by atoms with E-state index in [1.165, 1.54) is 18.5 Å². The van der Waals surface area contributed by atoms with Gasteiger partial charge in [0.2, 0.25) is 0 Å². The zero-order valence-electron chi connectivity index (χ0n) is 13.8. The maximum atomic E-state index is 12.6. The van der Waals surface area contributed by atoms with Gasteiger partial charge in [-0.2, -0.15) is 13.2 Å². The molecule has 0 fully saturated rings. The van der Waals surface area contributed by atoms with Crippen molar-refractivity contribution in [3.8, 4) is 0 Å². The maximum Gasteiger partial charge on any atom is 0.416 e. The third-order valence-electron chi connectivity index (χ3n) is 3.45. The number of nitrogens with one attached hydrogen (secondary N) is 1. The maximum absolute atomic E-state index is 12.6. The first-order valence-corrected chi connectivity index (χ1v) is 7.95. The summed E-state index contributed by atoms with van der Waals surface area (Å²) in [6.07, 6.45) is -0.862. The molecule has 130 valence electrons. The molecule has 4 nitrogen and oxygen atoms in total. The predicted molar refractivity (Wildman–Crippen MR) is 89.6 cm³/mol. The minimum Gasteiger partial charge on any atom is -0.356 e. The van der Waals surface area contributed by atoms with Crippen molar-refractivity contribution in [1.29, 1.82) is 0 Å². The van der Waals surface area contributed by atoms with Crippen molar-refractivity contribution in [3.63, 3.8) is 0 Å². The highest BCUT2D eigenvalue weighted by Crippen LogP contribution is 2.30. The van der Waals surface area contributed by atoms with E-state index >= 15 is 0 Å². The second kappa shape index (κ2) is 7.99. The summed E-state index contributed by atoms with van der Waals surface area (Å²) in [6.45, 7) is 5.99. The highest BCUT2D eigenvalue weighted by Gasteiger charge is 2.29. The summed E-state index contributed by atoms with van der Waals surface area (Å²) >= 11 is 0. The van der Waals surface area contributed by atoms with Crippen LogP contribution >= 0.6 is 0 Å². The normalized spacial score (nSPS) is 11.4. The van der Waals surface area contributed by atoms with Crippen molar-refractivity contribution in [2.45, 2.75) is 32.9 Å². The molecule has 1 aromatic heterocycles. The Hall–Kier alpha value is -2.31. The summed E-state index contributed by atoms with van der Waals surface area (Å²) in [4.78, 5) is 10.6. The van der Waals surface area contributed by atoms with Gasteiger partial charge in [-0.1, -0.05) is 13.8 Å². The molecule has 0 bridgehead atoms. The van der Waals surface area contributed by atoms with E-state index < -0.39 is 11.7 Å². The molecule has 0 spiro atoms. The number of hydrogen-bond acceptors (Lipinski definition) is 4. The molecule has 0 atom stereocenters. The van der Waals surface area contributed by atoms with Gasteiger partial charge in [0.25, 0.3) is 0 Å². The Bertz CT molecular complexity index is 635. The smallest absolute Gasteiger partial charge is 0.356 e. The quantitative estimate of drug-likeness (QED) is 0.782. The Balaban J connectivity index is 2.14. The van der Waals surface area contributed by atoms with Crippen LogP contribution in [-0.2, 0) is 6.18 Å². The number of alkyl halides is 3. The van der Waals surface area contributed by atoms with Gasteiger partial charge in [-0.25, -0.2) is 9.97 Å². The minimum atomic E-state index is -4.33. The molecular weight excluding hydrogens is 317 g/mol. The lowest BCUT2D eigenvalue weighted by Gasteiger charge is -2.22. The van der Waals surface area contributed by atoms with Crippen LogP contribution in [0.4, 0.5) is 30.5 Å². The molecular formula is C17H21F3N4. The van der Waals surface area contributed by atoms with Gasteiger partial charge in [0.15, 0.2) is 0 Å². The van der Waals surface area contributed by atoms with Gasteiger partial charge >= 0.3 is 6.18 Å². The van der Waals surface area contributed by atoms with E-state index in [0.717, 1.165) is 43.9 Å². The number of nitrogens with zero attached hydrogens (tertiary/aromatic N) is 3. The van der Waals surface area contributed by atoms with Crippen LogP contribution in [0.15, 0.2) is 36.7 Å². The van der Waals surface area contributed by atoms with Crippen LogP contribution in [0.25, 0.3) is 0 Å². The van der Waals surface area contributed by atoms with E-state index in [4.69, 9.17) is 0 Å². The highest BCUT2D eigenvalue weighted by atomic mass is 19.4. The fraction of sp³-hybridized carbons (Fsp3) is 0.412. The molecule has 0 saturated carbocycles. The van der Waals surface area contributed by atoms with Gasteiger partial charge in [-0.15, -0.1) is 0 Å². The van der Waals surface area contributed by atoms with Crippen LogP contribution in [0.5, 0.6) is 0 Å². The number of anilines is 3. The molecule has 2 aromatic rings. The van der Waals surface area contributed by atoms with Crippen LogP contribution in [0, 0.1) is 0 Å². The first-order valence-electron chi connectivity index (χ1n) is 7.95. The van der Waals surface area contributed by atoms with Crippen LogP contribution in [0.2, 0.25) is 0 Å². The van der Waals surface area contributed by atoms with E-state index in [1.807, 2.05) is 6.07 Å². The molecule has 7 heteroatoms. The Morgan fingerprint density at radius 3 is 2.17 bits per heavy atom. The largest absolute Gasteiger partial charge is 0.416 e. The number of rotatable bonds is 7. The van der Waals surface area contributed by atoms with E-state index in [1.54, 1.807) is 0 Å². The first-order chi connectivity index (χ1) is 11.4. The van der Waals surface area contributed by atoms with Crippen molar-refractivity contribution in [2.75, 3.05) is 23.3 Å². The van der Waals surface area contributed by atoms with Gasteiger partial charge in [0.1, 0.15) is 18.0 Å². The topological polar surface area (TPSA) is 41.0 Å². The van der Waals surface area contributed by atoms with Gasteiger partial charge in [0, 0.05) is 24.8 Å². The van der Waals surface area contributed by atoms with Crippen LogP contribution in [0.1, 0.15) is 32.3 Å². The second-order valence-electron chi connectivity index (χ2n) is 5.45. The molecule has 1 aromatic carbocycles. The molecule has 0 aliphatic heterocycles. The van der Waals surface area contributed by atoms with E-state index in [-0.39, 0.29) is 0 Å². The molecule has 0 saturated heterocycles. The van der Waals surface area contributed by atoms with Crippen molar-refractivity contribution in [3.05, 3.63) is 42.2 Å². The first kappa shape index (κ1) is 18.0. The summed E-state index contributed by atoms with van der Waals surface area (Å²) in [5.74, 6) is 1.36. The lowest BCUT2D eigenvalue weighted by Crippen LogP contribution is -2.25. The third-order valence-corrected chi connectivity index (χ3v) is 3.45. The average molecular weight is 338 g/mol. The summed E-state index contributed by atoms with van der Waals surface area (Å²) in [7, 11) is 0. The molecule has 0 radical (unpaired) electrons. The van der Waals surface area contributed by atoms with Crippen LogP contribution in [0.3, 0.4) is 0 Å². The van der Waals surface area contributed by atoms with Gasteiger partial charge in [-0.3, -0.25) is 0 Å². The molecule has 0 amide bonds. The molecule has 0 unspecified atom stereocenters. The van der Waals surface area contributed by atoms with Crippen molar-refractivity contribution >= 4 is 17.3 Å². The van der Waals surface area contributed by atoms with Gasteiger partial charge < -0.3 is 10.2 Å². The van der Waals surface area contributed by atoms with Gasteiger partial charge in [-0.05, 0) is 37.1 Å². The van der Waals surface area contributed by atoms with E-state index in [0.29, 0.717) is 11.5 Å². The predicted octanol–water partition coefficient (Wildman–Crippen LogP) is 4.87. The summed E-state index contributed by atoms with van der Waals surface area (Å²) in [6, 6.07) is 6.68. The molecule has 0 aliphatic carbocycles. The summed E-state index contributed by atoms with van der Waals surface area (Å²) < 4.78 is 37.8. The Labute approximate surface area is 139 Å². The van der Waals surface area contributed by atoms with Crippen molar-refractivity contribution in [1.82, 2.24) is 9.97 Å². The van der Waals surface area contributed by atoms with Crippen molar-refractivity contribution < 1.29 is 13.2 Å². The van der Waals surface area contributed by atoms with Crippen LogP contribution < -0.4 is 10.2 Å².